The Kier molecular flexibility index (Phi) is 2.85. The molecule has 0 spiro atoms. The zero-order valence-electron chi connectivity index (χ0n) is 10.7. The standard InChI is InChI=1S/C16H14N2O/c1-11-3-2-4-14-16(11)18-10-15(19-14)13-7-5-12(9-17)6-8-13/h2-8,15,18H,10H2,1H3. The number of ether oxygens (including phenoxy) is 1. The quantitative estimate of drug-likeness (QED) is 0.843. The first-order valence-electron chi connectivity index (χ1n) is 6.28. The average Bonchev–Trinajstić information content (AvgIpc) is 2.47. The molecule has 1 heterocycles. The second kappa shape index (κ2) is 4.66. The number of anilines is 1. The molecule has 1 unspecified atom stereocenters. The molecule has 0 bridgehead atoms. The second-order valence-electron chi connectivity index (χ2n) is 4.67. The number of aryl methyl sites for hydroxylation is 1. The van der Waals surface area contributed by atoms with Crippen LogP contribution in [0.15, 0.2) is 42.5 Å². The van der Waals surface area contributed by atoms with E-state index in [0.29, 0.717) is 5.56 Å². The lowest BCUT2D eigenvalue weighted by Crippen LogP contribution is -2.24. The number of nitrogens with zero attached hydrogens (tertiary/aromatic N) is 1. The molecule has 0 radical (unpaired) electrons. The van der Waals surface area contributed by atoms with Crippen molar-refractivity contribution in [2.24, 2.45) is 0 Å². The van der Waals surface area contributed by atoms with E-state index in [9.17, 15) is 0 Å². The van der Waals surface area contributed by atoms with E-state index in [2.05, 4.69) is 24.4 Å². The molecule has 94 valence electrons. The van der Waals surface area contributed by atoms with E-state index in [1.807, 2.05) is 36.4 Å². The van der Waals surface area contributed by atoms with Crippen LogP contribution >= 0.6 is 0 Å². The van der Waals surface area contributed by atoms with E-state index in [-0.39, 0.29) is 6.10 Å². The molecule has 0 fully saturated rings. The highest BCUT2D eigenvalue weighted by Crippen LogP contribution is 2.36. The van der Waals surface area contributed by atoms with Crippen molar-refractivity contribution in [1.82, 2.24) is 0 Å². The normalized spacial score (nSPS) is 16.7. The summed E-state index contributed by atoms with van der Waals surface area (Å²) in [4.78, 5) is 0. The molecule has 1 aliphatic rings. The second-order valence-corrected chi connectivity index (χ2v) is 4.67. The molecule has 1 atom stereocenters. The van der Waals surface area contributed by atoms with Crippen LogP contribution in [0.1, 0.15) is 22.8 Å². The molecule has 0 saturated carbocycles. The van der Waals surface area contributed by atoms with Gasteiger partial charge in [0.2, 0.25) is 0 Å². The fourth-order valence-corrected chi connectivity index (χ4v) is 2.31. The maximum Gasteiger partial charge on any atom is 0.143 e. The minimum Gasteiger partial charge on any atom is -0.482 e. The molecule has 0 aliphatic carbocycles. The highest BCUT2D eigenvalue weighted by atomic mass is 16.5. The van der Waals surface area contributed by atoms with Gasteiger partial charge < -0.3 is 10.1 Å². The van der Waals surface area contributed by atoms with Gasteiger partial charge in [0.25, 0.3) is 0 Å². The zero-order chi connectivity index (χ0) is 13.2. The number of rotatable bonds is 1. The molecule has 3 nitrogen and oxygen atoms in total. The van der Waals surface area contributed by atoms with E-state index >= 15 is 0 Å². The number of para-hydroxylation sites is 1. The Bertz CT molecular complexity index is 641. The van der Waals surface area contributed by atoms with Crippen LogP contribution in [0, 0.1) is 18.3 Å². The smallest absolute Gasteiger partial charge is 0.143 e. The first-order valence-corrected chi connectivity index (χ1v) is 6.28. The number of nitriles is 1. The molecule has 2 aromatic carbocycles. The van der Waals surface area contributed by atoms with Crippen LogP contribution in [0.3, 0.4) is 0 Å². The van der Waals surface area contributed by atoms with Crippen LogP contribution in [-0.2, 0) is 0 Å². The van der Waals surface area contributed by atoms with Crippen LogP contribution in [-0.4, -0.2) is 6.54 Å². The Balaban J connectivity index is 1.87. The molecule has 2 aromatic rings. The minimum atomic E-state index is -0.0120. The van der Waals surface area contributed by atoms with Crippen molar-refractivity contribution in [1.29, 1.82) is 5.26 Å². The van der Waals surface area contributed by atoms with Crippen molar-refractivity contribution in [2.45, 2.75) is 13.0 Å². The summed E-state index contributed by atoms with van der Waals surface area (Å²) >= 11 is 0. The molecule has 3 rings (SSSR count). The lowest BCUT2D eigenvalue weighted by molar-refractivity contribution is 0.210. The molecule has 0 saturated heterocycles. The molecule has 3 heteroatoms. The van der Waals surface area contributed by atoms with Gasteiger partial charge in [-0.1, -0.05) is 24.3 Å². The van der Waals surface area contributed by atoms with Gasteiger partial charge >= 0.3 is 0 Å². The van der Waals surface area contributed by atoms with Crippen LogP contribution in [0.5, 0.6) is 5.75 Å². The summed E-state index contributed by atoms with van der Waals surface area (Å²) in [7, 11) is 0. The third-order valence-electron chi connectivity index (χ3n) is 3.38. The fourth-order valence-electron chi connectivity index (χ4n) is 2.31. The SMILES string of the molecule is Cc1cccc2c1NCC(c1ccc(C#N)cc1)O2. The Morgan fingerprint density at radius 2 is 2.00 bits per heavy atom. The third-order valence-corrected chi connectivity index (χ3v) is 3.38. The first-order chi connectivity index (χ1) is 9.28. The number of nitrogens with one attached hydrogen (secondary N) is 1. The monoisotopic (exact) mass is 250 g/mol. The van der Waals surface area contributed by atoms with Crippen molar-refractivity contribution < 1.29 is 4.74 Å². The highest BCUT2D eigenvalue weighted by Gasteiger charge is 2.21. The van der Waals surface area contributed by atoms with E-state index in [0.717, 1.165) is 23.5 Å². The van der Waals surface area contributed by atoms with Gasteiger partial charge in [-0.05, 0) is 36.2 Å². The van der Waals surface area contributed by atoms with Crippen molar-refractivity contribution in [3.63, 3.8) is 0 Å². The maximum absolute atomic E-state index is 8.81. The van der Waals surface area contributed by atoms with Crippen LogP contribution in [0.2, 0.25) is 0 Å². The summed E-state index contributed by atoms with van der Waals surface area (Å²) in [5.74, 6) is 0.889. The van der Waals surface area contributed by atoms with Gasteiger partial charge in [-0.3, -0.25) is 0 Å². The molecule has 0 aromatic heterocycles. The fraction of sp³-hybridized carbons (Fsp3) is 0.188. The van der Waals surface area contributed by atoms with E-state index < -0.39 is 0 Å². The van der Waals surface area contributed by atoms with Crippen molar-refractivity contribution >= 4 is 5.69 Å². The lowest BCUT2D eigenvalue weighted by Gasteiger charge is -2.28. The summed E-state index contributed by atoms with van der Waals surface area (Å²) < 4.78 is 6.03. The average molecular weight is 250 g/mol. The lowest BCUT2D eigenvalue weighted by atomic mass is 10.0. The highest BCUT2D eigenvalue weighted by molar-refractivity contribution is 5.63. The maximum atomic E-state index is 8.81. The van der Waals surface area contributed by atoms with Gasteiger partial charge in [-0.15, -0.1) is 0 Å². The topological polar surface area (TPSA) is 45.0 Å². The summed E-state index contributed by atoms with van der Waals surface area (Å²) in [6.07, 6.45) is -0.0120. The Labute approximate surface area is 112 Å². The molecule has 1 N–H and O–H groups in total. The summed E-state index contributed by atoms with van der Waals surface area (Å²) in [6, 6.07) is 15.7. The molecular weight excluding hydrogens is 236 g/mol. The van der Waals surface area contributed by atoms with Crippen molar-refractivity contribution in [3.05, 3.63) is 59.2 Å². The molecule has 19 heavy (non-hydrogen) atoms. The zero-order valence-corrected chi connectivity index (χ0v) is 10.7. The van der Waals surface area contributed by atoms with Gasteiger partial charge in [-0.2, -0.15) is 5.26 Å². The predicted molar refractivity (Wildman–Crippen MR) is 74.2 cm³/mol. The van der Waals surface area contributed by atoms with Gasteiger partial charge in [0.1, 0.15) is 11.9 Å². The Morgan fingerprint density at radius 1 is 1.21 bits per heavy atom. The number of benzene rings is 2. The van der Waals surface area contributed by atoms with Gasteiger partial charge in [0.15, 0.2) is 0 Å². The summed E-state index contributed by atoms with van der Waals surface area (Å²) in [5.41, 5.74) is 4.02. The largest absolute Gasteiger partial charge is 0.482 e. The van der Waals surface area contributed by atoms with Gasteiger partial charge in [0.05, 0.1) is 23.9 Å². The molecular formula is C16H14N2O. The molecule has 1 aliphatic heterocycles. The Hall–Kier alpha value is -2.47. The number of hydrogen-bond donors (Lipinski definition) is 1. The third kappa shape index (κ3) is 2.13. The van der Waals surface area contributed by atoms with Crippen LogP contribution in [0.4, 0.5) is 5.69 Å². The number of fused-ring (bicyclic) bond motifs is 1. The van der Waals surface area contributed by atoms with Crippen molar-refractivity contribution in [3.8, 4) is 11.8 Å². The van der Waals surface area contributed by atoms with E-state index in [1.54, 1.807) is 0 Å². The summed E-state index contributed by atoms with van der Waals surface area (Å²) in [5, 5.41) is 12.2. The molecule has 0 amide bonds. The van der Waals surface area contributed by atoms with Gasteiger partial charge in [0, 0.05) is 0 Å². The minimum absolute atomic E-state index is 0.0120. The van der Waals surface area contributed by atoms with E-state index in [1.165, 1.54) is 5.56 Å². The van der Waals surface area contributed by atoms with Crippen LogP contribution < -0.4 is 10.1 Å². The summed E-state index contributed by atoms with van der Waals surface area (Å²) in [6.45, 7) is 2.81. The Morgan fingerprint density at radius 3 is 2.74 bits per heavy atom. The van der Waals surface area contributed by atoms with Gasteiger partial charge in [-0.25, -0.2) is 0 Å². The number of hydrogen-bond acceptors (Lipinski definition) is 3. The van der Waals surface area contributed by atoms with E-state index in [4.69, 9.17) is 10.00 Å². The van der Waals surface area contributed by atoms with Crippen LogP contribution in [0.25, 0.3) is 0 Å². The first kappa shape index (κ1) is 11.6. The van der Waals surface area contributed by atoms with Crippen molar-refractivity contribution in [2.75, 3.05) is 11.9 Å². The predicted octanol–water partition coefficient (Wildman–Crippen LogP) is 3.41.